The average Bonchev–Trinajstić information content (AvgIpc) is 2.81. The van der Waals surface area contributed by atoms with Crippen molar-refractivity contribution in [2.45, 2.75) is 134 Å². The van der Waals surface area contributed by atoms with E-state index in [1.54, 1.807) is 0 Å². The van der Waals surface area contributed by atoms with Crippen molar-refractivity contribution in [1.82, 2.24) is 0 Å². The standard InChI is InChI=1S/C27H50O9/c1-2-3-4-5-6-7-8-9-10-11-12-13-14-15-16-17-18-35-22-23(21-28)36-25(31)20-27(34,26(32)33)19-24(29)30/h23,28,34H,2-22H2,1H3,(H,29,30)(H,32,33). The van der Waals surface area contributed by atoms with Gasteiger partial charge in [-0.15, -0.1) is 0 Å². The highest BCUT2D eigenvalue weighted by molar-refractivity contribution is 5.88. The lowest BCUT2D eigenvalue weighted by Gasteiger charge is -2.22. The molecule has 0 aliphatic heterocycles. The van der Waals surface area contributed by atoms with Crippen LogP contribution in [0.15, 0.2) is 0 Å². The summed E-state index contributed by atoms with van der Waals surface area (Å²) >= 11 is 0. The van der Waals surface area contributed by atoms with E-state index in [2.05, 4.69) is 6.92 Å². The highest BCUT2D eigenvalue weighted by Crippen LogP contribution is 2.18. The third kappa shape index (κ3) is 19.5. The van der Waals surface area contributed by atoms with E-state index >= 15 is 0 Å². The van der Waals surface area contributed by atoms with Crippen LogP contribution in [0.3, 0.4) is 0 Å². The molecule has 9 nitrogen and oxygen atoms in total. The Morgan fingerprint density at radius 2 is 1.17 bits per heavy atom. The molecule has 0 radical (unpaired) electrons. The van der Waals surface area contributed by atoms with E-state index in [1.807, 2.05) is 0 Å². The van der Waals surface area contributed by atoms with E-state index in [4.69, 9.17) is 19.7 Å². The minimum atomic E-state index is -2.77. The SMILES string of the molecule is CCCCCCCCCCCCCCCCCCOCC(CO)OC(=O)CC(O)(CC(=O)O)C(=O)O. The summed E-state index contributed by atoms with van der Waals surface area (Å²) in [5.41, 5.74) is -2.77. The Kier molecular flexibility index (Phi) is 21.4. The van der Waals surface area contributed by atoms with Crippen molar-refractivity contribution in [2.75, 3.05) is 19.8 Å². The molecule has 0 aliphatic carbocycles. The molecular weight excluding hydrogens is 468 g/mol. The number of carboxylic acids is 2. The average molecular weight is 519 g/mol. The summed E-state index contributed by atoms with van der Waals surface area (Å²) in [6, 6.07) is 0. The van der Waals surface area contributed by atoms with E-state index in [0.29, 0.717) is 6.61 Å². The Hall–Kier alpha value is -1.71. The first-order valence-corrected chi connectivity index (χ1v) is 13.8. The van der Waals surface area contributed by atoms with Crippen molar-refractivity contribution in [3.63, 3.8) is 0 Å². The van der Waals surface area contributed by atoms with Gasteiger partial charge >= 0.3 is 17.9 Å². The Balaban J connectivity index is 3.68. The number of hydrogen-bond donors (Lipinski definition) is 4. The number of aliphatic hydroxyl groups is 2. The molecule has 36 heavy (non-hydrogen) atoms. The predicted octanol–water partition coefficient (Wildman–Crippen LogP) is 4.85. The van der Waals surface area contributed by atoms with E-state index in [9.17, 15) is 24.6 Å². The first-order valence-electron chi connectivity index (χ1n) is 13.8. The molecule has 0 bridgehead atoms. The summed E-state index contributed by atoms with van der Waals surface area (Å²) in [7, 11) is 0. The first kappa shape index (κ1) is 34.3. The van der Waals surface area contributed by atoms with Gasteiger partial charge in [0.1, 0.15) is 6.10 Å². The van der Waals surface area contributed by atoms with Gasteiger partial charge in [-0.1, -0.05) is 103 Å². The monoisotopic (exact) mass is 518 g/mol. The van der Waals surface area contributed by atoms with Crippen molar-refractivity contribution in [1.29, 1.82) is 0 Å². The van der Waals surface area contributed by atoms with Gasteiger partial charge < -0.3 is 29.9 Å². The Labute approximate surface area is 216 Å². The number of carbonyl (C=O) groups excluding carboxylic acids is 1. The van der Waals surface area contributed by atoms with Crippen LogP contribution in [0.2, 0.25) is 0 Å². The summed E-state index contributed by atoms with van der Waals surface area (Å²) in [4.78, 5) is 33.7. The summed E-state index contributed by atoms with van der Waals surface area (Å²) in [6.45, 7) is 2.10. The van der Waals surface area contributed by atoms with Crippen molar-refractivity contribution in [2.24, 2.45) is 0 Å². The van der Waals surface area contributed by atoms with Gasteiger partial charge in [-0.25, -0.2) is 4.79 Å². The summed E-state index contributed by atoms with van der Waals surface area (Å²) in [5, 5.41) is 36.9. The topological polar surface area (TPSA) is 151 Å². The molecule has 0 saturated heterocycles. The van der Waals surface area contributed by atoms with Crippen LogP contribution < -0.4 is 0 Å². The van der Waals surface area contributed by atoms with E-state index in [-0.39, 0.29) is 6.61 Å². The first-order chi connectivity index (χ1) is 17.2. The maximum atomic E-state index is 11.9. The van der Waals surface area contributed by atoms with Crippen molar-refractivity contribution in [3.05, 3.63) is 0 Å². The minimum Gasteiger partial charge on any atom is -0.481 e. The van der Waals surface area contributed by atoms with Crippen LogP contribution in [0.4, 0.5) is 0 Å². The lowest BCUT2D eigenvalue weighted by molar-refractivity contribution is -0.175. The van der Waals surface area contributed by atoms with E-state index in [1.165, 1.54) is 83.5 Å². The Morgan fingerprint density at radius 1 is 0.722 bits per heavy atom. The van der Waals surface area contributed by atoms with Crippen molar-refractivity contribution >= 4 is 17.9 Å². The number of carbonyl (C=O) groups is 3. The molecule has 0 aromatic heterocycles. The zero-order chi connectivity index (χ0) is 27.1. The van der Waals surface area contributed by atoms with Gasteiger partial charge in [0.25, 0.3) is 0 Å². The molecule has 4 N–H and O–H groups in total. The molecule has 2 atom stereocenters. The molecule has 0 aromatic rings. The lowest BCUT2D eigenvalue weighted by atomic mass is 9.96. The van der Waals surface area contributed by atoms with Gasteiger partial charge in [0.2, 0.25) is 0 Å². The van der Waals surface area contributed by atoms with Crippen LogP contribution in [-0.2, 0) is 23.9 Å². The summed E-state index contributed by atoms with van der Waals surface area (Å²) < 4.78 is 10.4. The number of aliphatic carboxylic acids is 2. The van der Waals surface area contributed by atoms with Gasteiger partial charge in [-0.2, -0.15) is 0 Å². The van der Waals surface area contributed by atoms with Crippen LogP contribution in [0.5, 0.6) is 0 Å². The van der Waals surface area contributed by atoms with Crippen molar-refractivity contribution < 1.29 is 44.3 Å². The molecule has 2 unspecified atom stereocenters. The van der Waals surface area contributed by atoms with Crippen LogP contribution in [-0.4, -0.2) is 69.9 Å². The molecule has 0 aliphatic rings. The third-order valence-electron chi connectivity index (χ3n) is 6.23. The molecular formula is C27H50O9. The molecule has 9 heteroatoms. The quantitative estimate of drug-likeness (QED) is 0.0930. The van der Waals surface area contributed by atoms with Crippen LogP contribution in [0, 0.1) is 0 Å². The second kappa shape index (κ2) is 22.5. The van der Waals surface area contributed by atoms with E-state index < -0.39 is 49.1 Å². The number of rotatable bonds is 26. The molecule has 0 amide bonds. The lowest BCUT2D eigenvalue weighted by Crippen LogP contribution is -2.44. The summed E-state index contributed by atoms with van der Waals surface area (Å²) in [5.74, 6) is -4.51. The normalized spacial score (nSPS) is 13.8. The second-order valence-electron chi connectivity index (χ2n) is 9.76. The molecule has 0 heterocycles. The van der Waals surface area contributed by atoms with Gasteiger partial charge in [0.15, 0.2) is 5.60 Å². The minimum absolute atomic E-state index is 0.0641. The second-order valence-corrected chi connectivity index (χ2v) is 9.76. The Bertz CT molecular complexity index is 582. The zero-order valence-electron chi connectivity index (χ0n) is 22.3. The maximum Gasteiger partial charge on any atom is 0.336 e. The molecule has 212 valence electrons. The van der Waals surface area contributed by atoms with E-state index in [0.717, 1.165) is 19.3 Å². The van der Waals surface area contributed by atoms with Gasteiger partial charge in [0.05, 0.1) is 26.1 Å². The van der Waals surface area contributed by atoms with Gasteiger partial charge in [-0.3, -0.25) is 9.59 Å². The highest BCUT2D eigenvalue weighted by atomic mass is 16.6. The molecule has 0 aromatic carbocycles. The Morgan fingerprint density at radius 3 is 1.56 bits per heavy atom. The highest BCUT2D eigenvalue weighted by Gasteiger charge is 2.41. The number of unbranched alkanes of at least 4 members (excludes halogenated alkanes) is 15. The molecule has 0 rings (SSSR count). The summed E-state index contributed by atoms with van der Waals surface area (Å²) in [6.07, 6.45) is 17.2. The molecule has 0 fully saturated rings. The molecule has 0 saturated carbocycles. The predicted molar refractivity (Wildman–Crippen MR) is 137 cm³/mol. The van der Waals surface area contributed by atoms with Crippen molar-refractivity contribution in [3.8, 4) is 0 Å². The zero-order valence-corrected chi connectivity index (χ0v) is 22.3. The molecule has 0 spiro atoms. The smallest absolute Gasteiger partial charge is 0.336 e. The van der Waals surface area contributed by atoms with Gasteiger partial charge in [-0.05, 0) is 6.42 Å². The number of esters is 1. The number of carboxylic acid groups (broad SMARTS) is 2. The number of aliphatic hydroxyl groups excluding tert-OH is 1. The number of hydrogen-bond acceptors (Lipinski definition) is 7. The third-order valence-corrected chi connectivity index (χ3v) is 6.23. The van der Waals surface area contributed by atoms with Crippen LogP contribution in [0.1, 0.15) is 122 Å². The number of ether oxygens (including phenoxy) is 2. The fourth-order valence-electron chi connectivity index (χ4n) is 4.02. The van der Waals surface area contributed by atoms with Crippen LogP contribution >= 0.6 is 0 Å². The largest absolute Gasteiger partial charge is 0.481 e. The fraction of sp³-hybridized carbons (Fsp3) is 0.889. The maximum absolute atomic E-state index is 11.9. The fourth-order valence-corrected chi connectivity index (χ4v) is 4.02. The van der Waals surface area contributed by atoms with Gasteiger partial charge in [0, 0.05) is 6.61 Å². The van der Waals surface area contributed by atoms with Crippen LogP contribution in [0.25, 0.3) is 0 Å².